The van der Waals surface area contributed by atoms with Gasteiger partial charge in [-0.25, -0.2) is 18.6 Å². The van der Waals surface area contributed by atoms with Crippen LogP contribution in [0.4, 0.5) is 8.78 Å². The molecule has 1 atom stereocenters. The molecule has 1 fully saturated rings. The van der Waals surface area contributed by atoms with Gasteiger partial charge in [-0.3, -0.25) is 4.21 Å². The second-order valence-corrected chi connectivity index (χ2v) is 10.4. The number of aromatic hydroxyl groups is 1. The Kier molecular flexibility index (Phi) is 6.22. The quantitative estimate of drug-likeness (QED) is 0.304. The van der Waals surface area contributed by atoms with Crippen LogP contribution in [-0.4, -0.2) is 36.0 Å². The average Bonchev–Trinajstić information content (AvgIpc) is 3.41. The van der Waals surface area contributed by atoms with E-state index in [1.54, 1.807) is 30.0 Å². The minimum atomic E-state index is -1.79. The summed E-state index contributed by atoms with van der Waals surface area (Å²) in [5, 5.41) is 11.4. The third-order valence-corrected chi connectivity index (χ3v) is 7.79. The molecule has 0 amide bonds. The van der Waals surface area contributed by atoms with Crippen molar-refractivity contribution >= 4 is 43.6 Å². The highest BCUT2D eigenvalue weighted by Gasteiger charge is 2.35. The Morgan fingerprint density at radius 1 is 1.29 bits per heavy atom. The number of phenolic OH excluding ortho intramolecular Hbond substituents is 1. The number of ether oxygens (including phenoxy) is 1. The van der Waals surface area contributed by atoms with Crippen molar-refractivity contribution in [3.8, 4) is 11.4 Å². The monoisotopic (exact) mass is 563 g/mol. The van der Waals surface area contributed by atoms with Crippen molar-refractivity contribution in [2.45, 2.75) is 36.5 Å². The van der Waals surface area contributed by atoms with Crippen LogP contribution in [0, 0.1) is 11.6 Å². The number of imidazole rings is 1. The third kappa shape index (κ3) is 4.16. The van der Waals surface area contributed by atoms with E-state index in [4.69, 9.17) is 4.74 Å². The van der Waals surface area contributed by atoms with Gasteiger partial charge in [0.15, 0.2) is 17.4 Å². The van der Waals surface area contributed by atoms with Crippen molar-refractivity contribution in [2.75, 3.05) is 6.61 Å². The first-order chi connectivity index (χ1) is 16.8. The maximum Gasteiger partial charge on any atom is 0.340 e. The van der Waals surface area contributed by atoms with Crippen LogP contribution >= 0.6 is 15.9 Å². The van der Waals surface area contributed by atoms with Gasteiger partial charge in [0, 0.05) is 34.4 Å². The van der Waals surface area contributed by atoms with E-state index in [1.807, 2.05) is 4.57 Å². The van der Waals surface area contributed by atoms with Crippen molar-refractivity contribution in [3.05, 3.63) is 70.4 Å². The zero-order chi connectivity index (χ0) is 24.9. The van der Waals surface area contributed by atoms with Gasteiger partial charge in [-0.2, -0.15) is 0 Å². The number of carbonyl (C=O) groups excluding carboxylic acids is 1. The van der Waals surface area contributed by atoms with Crippen LogP contribution in [0.25, 0.3) is 16.6 Å². The highest BCUT2D eigenvalue weighted by atomic mass is 79.9. The topological polar surface area (TPSA) is 86.4 Å². The number of halogens is 3. The number of hydrogen-bond acceptors (Lipinski definition) is 5. The predicted octanol–water partition coefficient (Wildman–Crippen LogP) is 5.39. The summed E-state index contributed by atoms with van der Waals surface area (Å²) < 4.78 is 49.9. The number of hydrogen-bond donors (Lipinski definition) is 1. The molecule has 2 aromatic carbocycles. The lowest BCUT2D eigenvalue weighted by Gasteiger charge is -2.12. The summed E-state index contributed by atoms with van der Waals surface area (Å²) in [7, 11) is -1.79. The fraction of sp³-hybridized carbons (Fsp3) is 0.250. The SMILES string of the molecule is CCOC(=O)c1c(CS(=O)c2ccc(F)c(F)c2)n(C2CC2)c2cc(Br)c(O)c(-n3ccnc3)c12. The maximum atomic E-state index is 13.8. The van der Waals surface area contributed by atoms with Crippen molar-refractivity contribution < 1.29 is 27.6 Å². The molecule has 11 heteroatoms. The van der Waals surface area contributed by atoms with Gasteiger partial charge in [-0.1, -0.05) is 0 Å². The fourth-order valence-electron chi connectivity index (χ4n) is 4.24. The molecule has 4 aromatic rings. The van der Waals surface area contributed by atoms with Crippen molar-refractivity contribution in [1.82, 2.24) is 14.1 Å². The first-order valence-corrected chi connectivity index (χ1v) is 13.0. The number of phenols is 1. The number of fused-ring (bicyclic) bond motifs is 1. The van der Waals surface area contributed by atoms with E-state index in [9.17, 15) is 22.9 Å². The molecule has 182 valence electrons. The van der Waals surface area contributed by atoms with E-state index in [0.717, 1.165) is 25.0 Å². The van der Waals surface area contributed by atoms with Crippen molar-refractivity contribution in [2.24, 2.45) is 0 Å². The molecule has 2 heterocycles. The molecule has 0 spiro atoms. The smallest absolute Gasteiger partial charge is 0.340 e. The zero-order valence-corrected chi connectivity index (χ0v) is 20.9. The standard InChI is InChI=1S/C24H20BrF2N3O4S/c1-2-34-24(32)21-19(11-35(33)14-5-6-16(26)17(27)9-14)30(13-3-4-13)18-10-15(25)23(31)22(20(18)21)29-8-7-28-12-29/h5-10,12-13,31H,2-4,11H2,1H3. The number of esters is 1. The molecule has 0 aliphatic heterocycles. The second kappa shape index (κ2) is 9.19. The van der Waals surface area contributed by atoms with Crippen LogP contribution in [-0.2, 0) is 21.3 Å². The Bertz CT molecular complexity index is 1480. The highest BCUT2D eigenvalue weighted by molar-refractivity contribution is 9.10. The first-order valence-electron chi connectivity index (χ1n) is 10.9. The molecule has 0 saturated heterocycles. The molecule has 2 aromatic heterocycles. The number of aromatic nitrogens is 3. The molecule has 1 N–H and O–H groups in total. The molecule has 1 saturated carbocycles. The lowest BCUT2D eigenvalue weighted by atomic mass is 10.1. The van der Waals surface area contributed by atoms with Crippen LogP contribution in [0.5, 0.6) is 5.75 Å². The van der Waals surface area contributed by atoms with Crippen molar-refractivity contribution in [1.29, 1.82) is 0 Å². The molecular formula is C24H20BrF2N3O4S. The van der Waals surface area contributed by atoms with Gasteiger partial charge in [0.25, 0.3) is 0 Å². The van der Waals surface area contributed by atoms with E-state index >= 15 is 0 Å². The Balaban J connectivity index is 1.79. The van der Waals surface area contributed by atoms with Gasteiger partial charge < -0.3 is 19.0 Å². The lowest BCUT2D eigenvalue weighted by molar-refractivity contribution is 0.0527. The van der Waals surface area contributed by atoms with Gasteiger partial charge in [-0.05, 0) is 60.0 Å². The van der Waals surface area contributed by atoms with Crippen molar-refractivity contribution in [3.63, 3.8) is 0 Å². The van der Waals surface area contributed by atoms with Gasteiger partial charge in [0.2, 0.25) is 0 Å². The minimum absolute atomic E-state index is 0.0599. The molecule has 0 bridgehead atoms. The van der Waals surface area contributed by atoms with E-state index < -0.39 is 28.4 Å². The summed E-state index contributed by atoms with van der Waals surface area (Å²) in [5.41, 5.74) is 1.61. The Morgan fingerprint density at radius 2 is 2.06 bits per heavy atom. The summed E-state index contributed by atoms with van der Waals surface area (Å²) >= 11 is 3.41. The maximum absolute atomic E-state index is 13.8. The number of rotatable bonds is 7. The number of nitrogens with zero attached hydrogens (tertiary/aromatic N) is 3. The summed E-state index contributed by atoms with van der Waals surface area (Å²) in [6.07, 6.45) is 6.41. The Hall–Kier alpha value is -3.05. The van der Waals surface area contributed by atoms with E-state index in [2.05, 4.69) is 20.9 Å². The van der Waals surface area contributed by atoms with Gasteiger partial charge in [-0.15, -0.1) is 0 Å². The van der Waals surface area contributed by atoms with Crippen LogP contribution in [0.2, 0.25) is 0 Å². The fourth-order valence-corrected chi connectivity index (χ4v) is 5.80. The lowest BCUT2D eigenvalue weighted by Crippen LogP contribution is -2.12. The largest absolute Gasteiger partial charge is 0.505 e. The molecule has 35 heavy (non-hydrogen) atoms. The molecule has 1 aliphatic carbocycles. The van der Waals surface area contributed by atoms with Gasteiger partial charge in [0.1, 0.15) is 5.69 Å². The van der Waals surface area contributed by atoms with Crippen LogP contribution in [0.1, 0.15) is 41.9 Å². The van der Waals surface area contributed by atoms with Gasteiger partial charge >= 0.3 is 5.97 Å². The van der Waals surface area contributed by atoms with Crippen LogP contribution in [0.15, 0.2) is 52.4 Å². The zero-order valence-electron chi connectivity index (χ0n) is 18.5. The Labute approximate surface area is 209 Å². The van der Waals surface area contributed by atoms with E-state index in [-0.39, 0.29) is 34.6 Å². The summed E-state index contributed by atoms with van der Waals surface area (Å²) in [5.74, 6) is -2.98. The number of carbonyl (C=O) groups is 1. The summed E-state index contributed by atoms with van der Waals surface area (Å²) in [6, 6.07) is 4.87. The highest BCUT2D eigenvalue weighted by Crippen LogP contribution is 2.47. The molecule has 0 radical (unpaired) electrons. The first kappa shape index (κ1) is 23.7. The minimum Gasteiger partial charge on any atom is -0.505 e. The molecule has 1 unspecified atom stereocenters. The summed E-state index contributed by atoms with van der Waals surface area (Å²) in [4.78, 5) is 17.5. The van der Waals surface area contributed by atoms with Crippen LogP contribution < -0.4 is 0 Å². The molecule has 1 aliphatic rings. The summed E-state index contributed by atoms with van der Waals surface area (Å²) in [6.45, 7) is 1.80. The van der Waals surface area contributed by atoms with Crippen LogP contribution in [0.3, 0.4) is 0 Å². The molecule has 5 rings (SSSR count). The predicted molar refractivity (Wildman–Crippen MR) is 129 cm³/mol. The van der Waals surface area contributed by atoms with E-state index in [0.29, 0.717) is 26.8 Å². The van der Waals surface area contributed by atoms with E-state index in [1.165, 1.54) is 12.4 Å². The normalized spacial score (nSPS) is 14.4. The third-order valence-electron chi connectivity index (χ3n) is 5.87. The second-order valence-electron chi connectivity index (χ2n) is 8.13. The molecule has 7 nitrogen and oxygen atoms in total. The Morgan fingerprint density at radius 3 is 2.69 bits per heavy atom. The molecular weight excluding hydrogens is 544 g/mol. The number of benzene rings is 2. The average molecular weight is 564 g/mol. The van der Waals surface area contributed by atoms with Gasteiger partial charge in [0.05, 0.1) is 45.0 Å².